The Morgan fingerprint density at radius 1 is 1.37 bits per heavy atom. The van der Waals surface area contributed by atoms with Gasteiger partial charge in [0.1, 0.15) is 5.01 Å². The Morgan fingerprint density at radius 3 is 2.85 bits per heavy atom. The summed E-state index contributed by atoms with van der Waals surface area (Å²) in [5.41, 5.74) is 5.25. The number of hydrogen-bond donors (Lipinski definition) is 1. The zero-order valence-corrected chi connectivity index (χ0v) is 14.8. The Morgan fingerprint density at radius 2 is 2.15 bits per heavy atom. The van der Waals surface area contributed by atoms with Gasteiger partial charge in [0.2, 0.25) is 11.8 Å². The summed E-state index contributed by atoms with van der Waals surface area (Å²) in [6.07, 6.45) is -5.28. The second kappa shape index (κ2) is 7.65. The fraction of sp³-hybridized carbons (Fsp3) is 0.353. The number of carbonyl (C=O) groups excluding carboxylic acids is 2. The fourth-order valence-electron chi connectivity index (χ4n) is 2.66. The van der Waals surface area contributed by atoms with E-state index < -0.39 is 23.8 Å². The summed E-state index contributed by atoms with van der Waals surface area (Å²) < 4.78 is 43.7. The number of primary amides is 1. The predicted molar refractivity (Wildman–Crippen MR) is 91.8 cm³/mol. The summed E-state index contributed by atoms with van der Waals surface area (Å²) in [6.45, 7) is 0.637. The molecule has 10 heteroatoms. The van der Waals surface area contributed by atoms with Crippen LogP contribution >= 0.6 is 11.3 Å². The van der Waals surface area contributed by atoms with Crippen LogP contribution in [0, 0.1) is 0 Å². The highest BCUT2D eigenvalue weighted by Crippen LogP contribution is 2.33. The summed E-state index contributed by atoms with van der Waals surface area (Å²) >= 11 is 1.17. The van der Waals surface area contributed by atoms with Crippen molar-refractivity contribution in [2.45, 2.75) is 18.7 Å². The van der Waals surface area contributed by atoms with Crippen LogP contribution in [0.1, 0.15) is 11.3 Å². The molecule has 2 N–H and O–H groups in total. The zero-order valence-electron chi connectivity index (χ0n) is 14.0. The van der Waals surface area contributed by atoms with E-state index in [2.05, 4.69) is 4.98 Å². The number of halogens is 3. The van der Waals surface area contributed by atoms with E-state index in [0.29, 0.717) is 22.8 Å². The number of nitrogens with zero attached hydrogens (tertiary/aromatic N) is 2. The number of aromatic nitrogens is 1. The number of benzene rings is 1. The molecule has 3 rings (SSSR count). The first-order valence-corrected chi connectivity index (χ1v) is 8.93. The monoisotopic (exact) mass is 399 g/mol. The largest absolute Gasteiger partial charge is 0.416 e. The molecular weight excluding hydrogens is 383 g/mol. The highest BCUT2D eigenvalue weighted by atomic mass is 32.1. The minimum Gasteiger partial charge on any atom is -0.367 e. The molecule has 1 atom stereocenters. The topological polar surface area (TPSA) is 85.5 Å². The number of carbonyl (C=O) groups is 2. The van der Waals surface area contributed by atoms with Gasteiger partial charge in [0.25, 0.3) is 0 Å². The van der Waals surface area contributed by atoms with E-state index in [0.717, 1.165) is 12.1 Å². The van der Waals surface area contributed by atoms with Crippen LogP contribution < -0.4 is 5.73 Å². The van der Waals surface area contributed by atoms with Crippen molar-refractivity contribution >= 4 is 23.2 Å². The quantitative estimate of drug-likeness (QED) is 0.853. The summed E-state index contributed by atoms with van der Waals surface area (Å²) in [5, 5.41) is 2.04. The Hall–Kier alpha value is -2.46. The van der Waals surface area contributed by atoms with Gasteiger partial charge < -0.3 is 15.4 Å². The number of rotatable bonds is 4. The van der Waals surface area contributed by atoms with Crippen LogP contribution in [0.15, 0.2) is 29.6 Å². The number of ether oxygens (including phenoxy) is 1. The third-order valence-corrected chi connectivity index (χ3v) is 5.00. The molecule has 1 aliphatic rings. The van der Waals surface area contributed by atoms with Gasteiger partial charge in [-0.1, -0.05) is 12.1 Å². The molecule has 0 bridgehead atoms. The second-order valence-corrected chi connectivity index (χ2v) is 6.86. The van der Waals surface area contributed by atoms with E-state index in [4.69, 9.17) is 10.5 Å². The normalized spacial score (nSPS) is 17.7. The minimum absolute atomic E-state index is 0.0130. The molecule has 1 unspecified atom stereocenters. The molecule has 0 aliphatic carbocycles. The average Bonchev–Trinajstić information content (AvgIpc) is 3.09. The number of amides is 2. The van der Waals surface area contributed by atoms with Gasteiger partial charge in [0, 0.05) is 17.5 Å². The van der Waals surface area contributed by atoms with Crippen molar-refractivity contribution in [2.24, 2.45) is 5.73 Å². The summed E-state index contributed by atoms with van der Waals surface area (Å²) in [5.74, 6) is -0.876. The molecular formula is C17H16F3N3O3S. The Balaban J connectivity index is 1.69. The first-order valence-electron chi connectivity index (χ1n) is 8.05. The van der Waals surface area contributed by atoms with Crippen molar-refractivity contribution in [2.75, 3.05) is 19.7 Å². The molecule has 144 valence electrons. The van der Waals surface area contributed by atoms with E-state index in [1.165, 1.54) is 22.3 Å². The van der Waals surface area contributed by atoms with Gasteiger partial charge in [-0.05, 0) is 12.1 Å². The maximum Gasteiger partial charge on any atom is 0.416 e. The van der Waals surface area contributed by atoms with Crippen molar-refractivity contribution in [3.63, 3.8) is 0 Å². The van der Waals surface area contributed by atoms with Gasteiger partial charge in [0.05, 0.1) is 30.8 Å². The highest BCUT2D eigenvalue weighted by molar-refractivity contribution is 7.13. The van der Waals surface area contributed by atoms with Crippen LogP contribution in [0.25, 0.3) is 10.6 Å². The van der Waals surface area contributed by atoms with E-state index >= 15 is 0 Å². The molecule has 2 amide bonds. The maximum atomic E-state index is 12.8. The number of alkyl halides is 3. The van der Waals surface area contributed by atoms with Crippen molar-refractivity contribution < 1.29 is 27.5 Å². The van der Waals surface area contributed by atoms with Gasteiger partial charge in [0.15, 0.2) is 6.10 Å². The van der Waals surface area contributed by atoms with Gasteiger partial charge in [-0.3, -0.25) is 9.59 Å². The number of hydrogen-bond acceptors (Lipinski definition) is 5. The molecule has 1 saturated heterocycles. The zero-order chi connectivity index (χ0) is 19.6. The molecule has 1 aromatic heterocycles. The summed E-state index contributed by atoms with van der Waals surface area (Å²) in [4.78, 5) is 29.4. The van der Waals surface area contributed by atoms with Gasteiger partial charge >= 0.3 is 6.18 Å². The third-order valence-electron chi connectivity index (χ3n) is 4.06. The van der Waals surface area contributed by atoms with Crippen LogP contribution in [0.2, 0.25) is 0 Å². The predicted octanol–water partition coefficient (Wildman–Crippen LogP) is 2.08. The Labute approximate surface area is 156 Å². The molecule has 0 saturated carbocycles. The van der Waals surface area contributed by atoms with Crippen molar-refractivity contribution in [1.82, 2.24) is 9.88 Å². The van der Waals surface area contributed by atoms with E-state index in [1.807, 2.05) is 0 Å². The minimum atomic E-state index is -4.43. The van der Waals surface area contributed by atoms with Gasteiger partial charge in [-0.2, -0.15) is 13.2 Å². The standard InChI is InChI=1S/C17H16F3N3O3S/c18-17(19,20)11-3-1-2-10(6-11)16-22-12(9-27-16)7-14(24)23-4-5-26-13(8-23)15(21)25/h1-3,6,9,13H,4-5,7-8H2,(H2,21,25). The first-order chi connectivity index (χ1) is 12.7. The van der Waals surface area contributed by atoms with Crippen molar-refractivity contribution in [3.8, 4) is 10.6 Å². The second-order valence-electron chi connectivity index (χ2n) is 6.00. The molecule has 0 spiro atoms. The molecule has 0 radical (unpaired) electrons. The fourth-order valence-corrected chi connectivity index (χ4v) is 3.48. The molecule has 2 aromatic rings. The van der Waals surface area contributed by atoms with Crippen LogP contribution in [0.4, 0.5) is 13.2 Å². The van der Waals surface area contributed by atoms with E-state index in [-0.39, 0.29) is 25.5 Å². The molecule has 1 aromatic carbocycles. The third kappa shape index (κ3) is 4.64. The lowest BCUT2D eigenvalue weighted by Gasteiger charge is -2.31. The van der Waals surface area contributed by atoms with Crippen LogP contribution in [-0.2, 0) is 26.9 Å². The van der Waals surface area contributed by atoms with E-state index in [1.54, 1.807) is 11.4 Å². The van der Waals surface area contributed by atoms with Gasteiger partial charge in [-0.15, -0.1) is 11.3 Å². The summed E-state index contributed by atoms with van der Waals surface area (Å²) in [6, 6.07) is 4.89. The Bertz CT molecular complexity index is 853. The van der Waals surface area contributed by atoms with Crippen LogP contribution in [0.5, 0.6) is 0 Å². The lowest BCUT2D eigenvalue weighted by Crippen LogP contribution is -2.50. The van der Waals surface area contributed by atoms with Crippen LogP contribution in [-0.4, -0.2) is 47.5 Å². The first kappa shape index (κ1) is 19.3. The molecule has 27 heavy (non-hydrogen) atoms. The maximum absolute atomic E-state index is 12.8. The molecule has 1 aliphatic heterocycles. The SMILES string of the molecule is NC(=O)C1CN(C(=O)Cc2csc(-c3cccc(C(F)(F)F)c3)n2)CCO1. The van der Waals surface area contributed by atoms with Crippen molar-refractivity contribution in [1.29, 1.82) is 0 Å². The van der Waals surface area contributed by atoms with Crippen molar-refractivity contribution in [3.05, 3.63) is 40.9 Å². The van der Waals surface area contributed by atoms with E-state index in [9.17, 15) is 22.8 Å². The molecule has 1 fully saturated rings. The number of morpholine rings is 1. The lowest BCUT2D eigenvalue weighted by molar-refractivity contribution is -0.145. The number of nitrogens with two attached hydrogens (primary N) is 1. The molecule has 2 heterocycles. The van der Waals surface area contributed by atoms with Gasteiger partial charge in [-0.25, -0.2) is 4.98 Å². The van der Waals surface area contributed by atoms with Crippen LogP contribution in [0.3, 0.4) is 0 Å². The smallest absolute Gasteiger partial charge is 0.367 e. The Kier molecular flexibility index (Phi) is 5.47. The average molecular weight is 399 g/mol. The number of thiazole rings is 1. The molecule has 6 nitrogen and oxygen atoms in total. The summed E-state index contributed by atoms with van der Waals surface area (Å²) in [7, 11) is 0. The lowest BCUT2D eigenvalue weighted by atomic mass is 10.1. The highest BCUT2D eigenvalue weighted by Gasteiger charge is 2.31.